The summed E-state index contributed by atoms with van der Waals surface area (Å²) in [6.07, 6.45) is 6.98. The lowest BCUT2D eigenvalue weighted by molar-refractivity contribution is 1.05. The minimum atomic E-state index is 1.14. The van der Waals surface area contributed by atoms with Gasteiger partial charge in [-0.1, -0.05) is 84.4 Å². The third-order valence-electron chi connectivity index (χ3n) is 6.14. The van der Waals surface area contributed by atoms with E-state index in [2.05, 4.69) is 85.8 Å². The zero-order valence-corrected chi connectivity index (χ0v) is 15.4. The van der Waals surface area contributed by atoms with Gasteiger partial charge in [-0.15, -0.1) is 0 Å². The monoisotopic (exact) mass is 344 g/mol. The Bertz CT molecular complexity index is 1170. The Kier molecular flexibility index (Phi) is 3.02. The van der Waals surface area contributed by atoms with Crippen molar-refractivity contribution in [2.45, 2.75) is 19.8 Å². The van der Waals surface area contributed by atoms with Gasteiger partial charge < -0.3 is 0 Å². The van der Waals surface area contributed by atoms with Crippen LogP contribution in [0.4, 0.5) is 0 Å². The van der Waals surface area contributed by atoms with Crippen LogP contribution in [-0.4, -0.2) is 0 Å². The van der Waals surface area contributed by atoms with Gasteiger partial charge in [0.05, 0.1) is 0 Å². The number of hydrogen-bond acceptors (Lipinski definition) is 0. The van der Waals surface area contributed by atoms with Crippen LogP contribution < -0.4 is 0 Å². The second-order valence-corrected chi connectivity index (χ2v) is 7.72. The molecule has 6 rings (SSSR count). The number of fused-ring (bicyclic) bond motifs is 5. The van der Waals surface area contributed by atoms with Crippen LogP contribution in [0.15, 0.2) is 84.5 Å². The fourth-order valence-electron chi connectivity index (χ4n) is 5.01. The summed E-state index contributed by atoms with van der Waals surface area (Å²) >= 11 is 0. The standard InChI is InChI=1S/C27H20/c1-17-14-15-21-20-10-4-7-13-24(20)27(25(21)16-17)26-22-11-5-2-8-18(22)19-9-3-6-12-23(19)26/h2-3,5-9,11-16H,4,10H2,1H3. The predicted octanol–water partition coefficient (Wildman–Crippen LogP) is 7.05. The highest BCUT2D eigenvalue weighted by atomic mass is 14.4. The van der Waals surface area contributed by atoms with Gasteiger partial charge in [0.1, 0.15) is 0 Å². The van der Waals surface area contributed by atoms with E-state index in [0.29, 0.717) is 0 Å². The number of hydrogen-bond donors (Lipinski definition) is 0. The molecule has 0 bridgehead atoms. The maximum atomic E-state index is 2.38. The van der Waals surface area contributed by atoms with Crippen LogP contribution in [-0.2, 0) is 0 Å². The summed E-state index contributed by atoms with van der Waals surface area (Å²) in [5, 5.41) is 0. The summed E-state index contributed by atoms with van der Waals surface area (Å²) < 4.78 is 0. The minimum Gasteiger partial charge on any atom is -0.0836 e. The molecule has 0 N–H and O–H groups in total. The van der Waals surface area contributed by atoms with Crippen LogP contribution >= 0.6 is 0 Å². The lowest BCUT2D eigenvalue weighted by Crippen LogP contribution is -1.93. The Hall–Kier alpha value is -3.12. The van der Waals surface area contributed by atoms with Crippen molar-refractivity contribution >= 4 is 16.7 Å². The molecule has 0 amide bonds. The van der Waals surface area contributed by atoms with E-state index in [4.69, 9.17) is 0 Å². The molecular weight excluding hydrogens is 324 g/mol. The summed E-state index contributed by atoms with van der Waals surface area (Å²) in [4.78, 5) is 0. The molecule has 0 aromatic heterocycles. The molecule has 128 valence electrons. The number of aryl methyl sites for hydroxylation is 1. The third-order valence-corrected chi connectivity index (χ3v) is 6.14. The first-order chi connectivity index (χ1) is 13.3. The van der Waals surface area contributed by atoms with Crippen LogP contribution in [0, 0.1) is 6.92 Å². The molecule has 3 aromatic carbocycles. The van der Waals surface area contributed by atoms with E-state index < -0.39 is 0 Å². The Morgan fingerprint density at radius 2 is 1.30 bits per heavy atom. The van der Waals surface area contributed by atoms with Crippen molar-refractivity contribution in [1.82, 2.24) is 0 Å². The molecule has 0 unspecified atom stereocenters. The molecule has 3 aliphatic carbocycles. The lowest BCUT2D eigenvalue weighted by Gasteiger charge is -2.14. The maximum Gasteiger partial charge on any atom is -0.00140 e. The molecule has 27 heavy (non-hydrogen) atoms. The largest absolute Gasteiger partial charge is 0.0836 e. The summed E-state index contributed by atoms with van der Waals surface area (Å²) in [6, 6.07) is 24.7. The molecule has 0 fully saturated rings. The highest BCUT2D eigenvalue weighted by Crippen LogP contribution is 2.54. The normalized spacial score (nSPS) is 16.3. The highest BCUT2D eigenvalue weighted by molar-refractivity contribution is 6.19. The summed E-state index contributed by atoms with van der Waals surface area (Å²) in [5.41, 5.74) is 15.4. The molecule has 0 aliphatic heterocycles. The molecular formula is C27H20. The van der Waals surface area contributed by atoms with Crippen LogP contribution in [0.25, 0.3) is 27.8 Å². The van der Waals surface area contributed by atoms with Gasteiger partial charge in [-0.3, -0.25) is 0 Å². The molecule has 3 aromatic rings. The van der Waals surface area contributed by atoms with Crippen LogP contribution in [0.5, 0.6) is 0 Å². The first-order valence-corrected chi connectivity index (χ1v) is 9.78. The van der Waals surface area contributed by atoms with Crippen molar-refractivity contribution in [2.75, 3.05) is 0 Å². The van der Waals surface area contributed by atoms with Gasteiger partial charge in [-0.25, -0.2) is 0 Å². The Morgan fingerprint density at radius 3 is 2.00 bits per heavy atom. The second kappa shape index (κ2) is 5.44. The van der Waals surface area contributed by atoms with Crippen LogP contribution in [0.1, 0.15) is 40.7 Å². The molecule has 0 atom stereocenters. The smallest absolute Gasteiger partial charge is 0.00140 e. The number of rotatable bonds is 0. The Labute approximate surface area is 160 Å². The second-order valence-electron chi connectivity index (χ2n) is 7.72. The predicted molar refractivity (Wildman–Crippen MR) is 114 cm³/mol. The van der Waals surface area contributed by atoms with E-state index in [-0.39, 0.29) is 0 Å². The maximum absolute atomic E-state index is 2.38. The molecule has 0 heteroatoms. The van der Waals surface area contributed by atoms with Gasteiger partial charge in [0.25, 0.3) is 0 Å². The fourth-order valence-corrected chi connectivity index (χ4v) is 5.01. The molecule has 0 nitrogen and oxygen atoms in total. The third kappa shape index (κ3) is 1.99. The molecule has 3 aliphatic rings. The van der Waals surface area contributed by atoms with Gasteiger partial charge in [0, 0.05) is 0 Å². The lowest BCUT2D eigenvalue weighted by atomic mass is 9.89. The first kappa shape index (κ1) is 15.0. The van der Waals surface area contributed by atoms with Gasteiger partial charge in [0.15, 0.2) is 0 Å². The quantitative estimate of drug-likeness (QED) is 0.320. The van der Waals surface area contributed by atoms with Crippen molar-refractivity contribution < 1.29 is 0 Å². The van der Waals surface area contributed by atoms with E-state index >= 15 is 0 Å². The van der Waals surface area contributed by atoms with Crippen molar-refractivity contribution in [3.8, 4) is 11.1 Å². The van der Waals surface area contributed by atoms with E-state index in [0.717, 1.165) is 12.8 Å². The van der Waals surface area contributed by atoms with Crippen molar-refractivity contribution in [2.24, 2.45) is 0 Å². The van der Waals surface area contributed by atoms with E-state index in [1.165, 1.54) is 61.2 Å². The van der Waals surface area contributed by atoms with Gasteiger partial charge in [0.2, 0.25) is 0 Å². The summed E-state index contributed by atoms with van der Waals surface area (Å²) in [6.45, 7) is 2.20. The molecule has 0 saturated heterocycles. The van der Waals surface area contributed by atoms with Crippen LogP contribution in [0.3, 0.4) is 0 Å². The van der Waals surface area contributed by atoms with Gasteiger partial charge >= 0.3 is 0 Å². The average molecular weight is 344 g/mol. The minimum absolute atomic E-state index is 1.14. The molecule has 0 heterocycles. The first-order valence-electron chi connectivity index (χ1n) is 9.78. The van der Waals surface area contributed by atoms with Crippen molar-refractivity contribution in [3.05, 3.63) is 112 Å². The van der Waals surface area contributed by atoms with E-state index in [1.54, 1.807) is 0 Å². The van der Waals surface area contributed by atoms with Gasteiger partial charge in [-0.2, -0.15) is 0 Å². The average Bonchev–Trinajstić information content (AvgIpc) is 3.20. The van der Waals surface area contributed by atoms with Crippen molar-refractivity contribution in [3.63, 3.8) is 0 Å². The summed E-state index contributed by atoms with van der Waals surface area (Å²) in [7, 11) is 0. The molecule has 0 saturated carbocycles. The topological polar surface area (TPSA) is 0 Å². The molecule has 0 radical (unpaired) electrons. The van der Waals surface area contributed by atoms with E-state index in [9.17, 15) is 0 Å². The van der Waals surface area contributed by atoms with Gasteiger partial charge in [-0.05, 0) is 75.4 Å². The zero-order valence-electron chi connectivity index (χ0n) is 15.4. The van der Waals surface area contributed by atoms with Crippen LogP contribution in [0.2, 0.25) is 0 Å². The zero-order chi connectivity index (χ0) is 18.0. The molecule has 0 spiro atoms. The number of benzene rings is 3. The highest BCUT2D eigenvalue weighted by Gasteiger charge is 2.33. The Balaban J connectivity index is 1.78. The Morgan fingerprint density at radius 1 is 0.630 bits per heavy atom. The fraction of sp³-hybridized carbons (Fsp3) is 0.111. The SMILES string of the molecule is Cc1ccc2c(c1)C(=C1c3ccccc3-c3ccccc31)C1=C2CCC=C1. The number of allylic oxidation sites excluding steroid dienone is 5. The van der Waals surface area contributed by atoms with Crippen molar-refractivity contribution in [1.29, 1.82) is 0 Å². The van der Waals surface area contributed by atoms with E-state index in [1.807, 2.05) is 0 Å². The summed E-state index contributed by atoms with van der Waals surface area (Å²) in [5.74, 6) is 0.